The molecule has 26 heavy (non-hydrogen) atoms. The standard InChI is InChI=1S/C18H18FN5O2/c1-26-17-7-6-16-20-15(12-24(16)21-17)18(25)23-10-8-22(9-11-23)14-4-2-13(19)3-5-14/h2-7,12H,8-11H2,1H3. The zero-order valence-corrected chi connectivity index (χ0v) is 14.3. The highest BCUT2D eigenvalue weighted by Gasteiger charge is 2.24. The van der Waals surface area contributed by atoms with E-state index in [4.69, 9.17) is 4.74 Å². The van der Waals surface area contributed by atoms with E-state index in [0.717, 1.165) is 5.69 Å². The molecule has 0 spiro atoms. The molecule has 0 atom stereocenters. The quantitative estimate of drug-likeness (QED) is 0.717. The molecule has 1 aromatic carbocycles. The highest BCUT2D eigenvalue weighted by Crippen LogP contribution is 2.18. The van der Waals surface area contributed by atoms with E-state index in [1.54, 1.807) is 39.9 Å². The second-order valence-electron chi connectivity index (χ2n) is 6.06. The van der Waals surface area contributed by atoms with Crippen LogP contribution in [0.5, 0.6) is 5.88 Å². The molecule has 0 aliphatic carbocycles. The average Bonchev–Trinajstić information content (AvgIpc) is 3.11. The van der Waals surface area contributed by atoms with Crippen molar-refractivity contribution in [3.63, 3.8) is 0 Å². The minimum absolute atomic E-state index is 0.117. The number of hydrogen-bond acceptors (Lipinski definition) is 5. The van der Waals surface area contributed by atoms with E-state index < -0.39 is 0 Å². The van der Waals surface area contributed by atoms with Gasteiger partial charge < -0.3 is 14.5 Å². The van der Waals surface area contributed by atoms with Gasteiger partial charge >= 0.3 is 0 Å². The van der Waals surface area contributed by atoms with E-state index in [-0.39, 0.29) is 11.7 Å². The van der Waals surface area contributed by atoms with Crippen LogP contribution in [0.4, 0.5) is 10.1 Å². The fourth-order valence-corrected chi connectivity index (χ4v) is 3.06. The number of methoxy groups -OCH3 is 1. The molecule has 0 radical (unpaired) electrons. The van der Waals surface area contributed by atoms with Crippen molar-refractivity contribution in [2.45, 2.75) is 0 Å². The lowest BCUT2D eigenvalue weighted by Crippen LogP contribution is -2.48. The number of imidazole rings is 1. The van der Waals surface area contributed by atoms with Crippen LogP contribution in [0.3, 0.4) is 0 Å². The van der Waals surface area contributed by atoms with Gasteiger partial charge in [-0.05, 0) is 30.3 Å². The summed E-state index contributed by atoms with van der Waals surface area (Å²) < 4.78 is 19.7. The zero-order chi connectivity index (χ0) is 18.1. The van der Waals surface area contributed by atoms with E-state index >= 15 is 0 Å². The Morgan fingerprint density at radius 1 is 1.08 bits per heavy atom. The number of anilines is 1. The number of amides is 1. The molecule has 4 rings (SSSR count). The smallest absolute Gasteiger partial charge is 0.274 e. The van der Waals surface area contributed by atoms with E-state index in [0.29, 0.717) is 43.4 Å². The molecular formula is C18H18FN5O2. The van der Waals surface area contributed by atoms with E-state index in [1.165, 1.54) is 19.2 Å². The van der Waals surface area contributed by atoms with E-state index in [9.17, 15) is 9.18 Å². The largest absolute Gasteiger partial charge is 0.480 e. The molecule has 3 aromatic rings. The summed E-state index contributed by atoms with van der Waals surface area (Å²) >= 11 is 0. The van der Waals surface area contributed by atoms with Crippen molar-refractivity contribution < 1.29 is 13.9 Å². The van der Waals surface area contributed by atoms with Crippen LogP contribution >= 0.6 is 0 Å². The predicted molar refractivity (Wildman–Crippen MR) is 94.1 cm³/mol. The second kappa shape index (κ2) is 6.62. The molecular weight excluding hydrogens is 337 g/mol. The minimum atomic E-state index is -0.250. The molecule has 2 aromatic heterocycles. The highest BCUT2D eigenvalue weighted by molar-refractivity contribution is 5.93. The first-order valence-corrected chi connectivity index (χ1v) is 8.34. The topological polar surface area (TPSA) is 63.0 Å². The Labute approximate surface area is 149 Å². The van der Waals surface area contributed by atoms with E-state index in [1.807, 2.05) is 0 Å². The van der Waals surface area contributed by atoms with Crippen molar-refractivity contribution in [2.24, 2.45) is 0 Å². The summed E-state index contributed by atoms with van der Waals surface area (Å²) in [6, 6.07) is 9.88. The van der Waals surface area contributed by atoms with Crippen LogP contribution in [0, 0.1) is 5.82 Å². The summed E-state index contributed by atoms with van der Waals surface area (Å²) in [6.07, 6.45) is 1.62. The first-order valence-electron chi connectivity index (χ1n) is 8.34. The van der Waals surface area contributed by atoms with Crippen molar-refractivity contribution in [2.75, 3.05) is 38.2 Å². The van der Waals surface area contributed by atoms with Gasteiger partial charge in [0, 0.05) is 37.9 Å². The number of benzene rings is 1. The first-order chi connectivity index (χ1) is 12.6. The summed E-state index contributed by atoms with van der Waals surface area (Å²) in [5, 5.41) is 4.22. The Morgan fingerprint density at radius 2 is 1.81 bits per heavy atom. The normalized spacial score (nSPS) is 14.7. The summed E-state index contributed by atoms with van der Waals surface area (Å²) in [5.74, 6) is 0.0923. The molecule has 134 valence electrons. The number of halogens is 1. The Bertz CT molecular complexity index is 932. The number of piperazine rings is 1. The van der Waals surface area contributed by atoms with Crippen LogP contribution in [0.1, 0.15) is 10.5 Å². The average molecular weight is 355 g/mol. The van der Waals surface area contributed by atoms with Crippen molar-refractivity contribution in [3.8, 4) is 5.88 Å². The molecule has 1 fully saturated rings. The lowest BCUT2D eigenvalue weighted by Gasteiger charge is -2.35. The van der Waals surface area contributed by atoms with Gasteiger partial charge in [-0.1, -0.05) is 0 Å². The zero-order valence-electron chi connectivity index (χ0n) is 14.3. The van der Waals surface area contributed by atoms with Gasteiger partial charge in [0.05, 0.1) is 13.3 Å². The third-order valence-electron chi connectivity index (χ3n) is 4.48. The van der Waals surface area contributed by atoms with Gasteiger partial charge in [0.15, 0.2) is 5.65 Å². The van der Waals surface area contributed by atoms with Gasteiger partial charge in [-0.15, -0.1) is 5.10 Å². The van der Waals surface area contributed by atoms with Crippen LogP contribution in [0.25, 0.3) is 5.65 Å². The van der Waals surface area contributed by atoms with Gasteiger partial charge in [0.25, 0.3) is 5.91 Å². The number of aromatic nitrogens is 3. The minimum Gasteiger partial charge on any atom is -0.480 e. The molecule has 7 nitrogen and oxygen atoms in total. The molecule has 1 saturated heterocycles. The SMILES string of the molecule is COc1ccc2nc(C(=O)N3CCN(c4ccc(F)cc4)CC3)cn2n1. The lowest BCUT2D eigenvalue weighted by atomic mass is 10.2. The van der Waals surface area contributed by atoms with Crippen molar-refractivity contribution in [1.82, 2.24) is 19.5 Å². The number of nitrogens with zero attached hydrogens (tertiary/aromatic N) is 5. The number of fused-ring (bicyclic) bond motifs is 1. The summed E-state index contributed by atoms with van der Waals surface area (Å²) in [7, 11) is 1.54. The summed E-state index contributed by atoms with van der Waals surface area (Å²) in [4.78, 5) is 21.0. The van der Waals surface area contributed by atoms with Crippen molar-refractivity contribution in [3.05, 3.63) is 54.1 Å². The highest BCUT2D eigenvalue weighted by atomic mass is 19.1. The first kappa shape index (κ1) is 16.3. The van der Waals surface area contributed by atoms with E-state index in [2.05, 4.69) is 15.0 Å². The fourth-order valence-electron chi connectivity index (χ4n) is 3.06. The van der Waals surface area contributed by atoms with Gasteiger partial charge in [-0.2, -0.15) is 0 Å². The Balaban J connectivity index is 1.45. The Morgan fingerprint density at radius 3 is 2.50 bits per heavy atom. The third kappa shape index (κ3) is 3.05. The molecule has 1 aliphatic heterocycles. The number of carbonyl (C=O) groups is 1. The molecule has 8 heteroatoms. The fraction of sp³-hybridized carbons (Fsp3) is 0.278. The molecule has 1 amide bonds. The number of carbonyl (C=O) groups excluding carboxylic acids is 1. The van der Waals surface area contributed by atoms with Crippen LogP contribution in [-0.4, -0.2) is 58.7 Å². The third-order valence-corrected chi connectivity index (χ3v) is 4.48. The van der Waals surface area contributed by atoms with Crippen LogP contribution < -0.4 is 9.64 Å². The molecule has 0 unspecified atom stereocenters. The summed E-state index contributed by atoms with van der Waals surface area (Å²) in [6.45, 7) is 2.55. The maximum atomic E-state index is 13.1. The molecule has 0 N–H and O–H groups in total. The summed E-state index contributed by atoms with van der Waals surface area (Å²) in [5.41, 5.74) is 1.92. The lowest BCUT2D eigenvalue weighted by molar-refractivity contribution is 0.0741. The molecule has 1 aliphatic rings. The molecule has 0 saturated carbocycles. The van der Waals surface area contributed by atoms with Crippen molar-refractivity contribution >= 4 is 17.2 Å². The van der Waals surface area contributed by atoms with Crippen molar-refractivity contribution in [1.29, 1.82) is 0 Å². The monoisotopic (exact) mass is 355 g/mol. The Hall–Kier alpha value is -3.16. The van der Waals surface area contributed by atoms with Gasteiger partial charge in [0.2, 0.25) is 5.88 Å². The Kier molecular flexibility index (Phi) is 4.16. The maximum Gasteiger partial charge on any atom is 0.274 e. The number of hydrogen-bond donors (Lipinski definition) is 0. The predicted octanol–water partition coefficient (Wildman–Crippen LogP) is 1.84. The van der Waals surface area contributed by atoms with Crippen LogP contribution in [-0.2, 0) is 0 Å². The maximum absolute atomic E-state index is 13.1. The molecule has 0 bridgehead atoms. The van der Waals surface area contributed by atoms with Crippen LogP contribution in [0.15, 0.2) is 42.6 Å². The van der Waals surface area contributed by atoms with Crippen LogP contribution in [0.2, 0.25) is 0 Å². The number of ether oxygens (including phenoxy) is 1. The van der Waals surface area contributed by atoms with Gasteiger partial charge in [-0.3, -0.25) is 4.79 Å². The number of rotatable bonds is 3. The van der Waals surface area contributed by atoms with Gasteiger partial charge in [-0.25, -0.2) is 13.9 Å². The van der Waals surface area contributed by atoms with Gasteiger partial charge in [0.1, 0.15) is 11.5 Å². The molecule has 3 heterocycles. The second-order valence-corrected chi connectivity index (χ2v) is 6.06.